The number of carbonyl (C=O) groups excluding carboxylic acids is 1. The molecule has 190 valence electrons. The first kappa shape index (κ1) is 24.6. The Kier molecular flexibility index (Phi) is 6.13. The Hall–Kier alpha value is -2.74. The molecule has 3 aromatic rings. The molecule has 1 amide bonds. The molecule has 2 aromatic carbocycles. The topological polar surface area (TPSA) is 57.8 Å². The Labute approximate surface area is 228 Å². The van der Waals surface area contributed by atoms with E-state index in [1.165, 1.54) is 44.1 Å². The number of aromatic nitrogens is 1. The number of carbonyl (C=O) groups is 1. The van der Waals surface area contributed by atoms with Crippen LogP contribution in [-0.2, 0) is 10.2 Å². The van der Waals surface area contributed by atoms with Crippen LogP contribution >= 0.6 is 23.2 Å². The fourth-order valence-electron chi connectivity index (χ4n) is 7.98. The molecule has 4 saturated carbocycles. The van der Waals surface area contributed by atoms with Crippen molar-refractivity contribution in [3.63, 3.8) is 0 Å². The first-order valence-corrected chi connectivity index (χ1v) is 14.0. The number of halogens is 2. The highest BCUT2D eigenvalue weighted by Gasteiger charge is 2.51. The summed E-state index contributed by atoms with van der Waals surface area (Å²) in [4.78, 5) is 13.1. The standard InChI is InChI=1S/C31H31Cl2N3O/c1-18-10-25(26(17-34)30(37)35-28-5-3-4-27(32)29(28)33)19(2)36(18)24-8-6-23(7-9-24)31-14-20-11-21(15-31)13-22(12-20)16-31/h3-10,20-22,26H,11-16H2,1-2H3,(H,35,37). The van der Waals surface area contributed by atoms with Gasteiger partial charge in [-0.3, -0.25) is 4.79 Å². The molecule has 0 radical (unpaired) electrons. The molecule has 4 aliphatic rings. The predicted octanol–water partition coefficient (Wildman–Crippen LogP) is 8.11. The third-order valence-corrected chi connectivity index (χ3v) is 9.98. The minimum atomic E-state index is -0.971. The molecule has 1 N–H and O–H groups in total. The SMILES string of the molecule is Cc1cc(C(C#N)C(=O)Nc2cccc(Cl)c2Cl)c(C)n1-c1ccc(C23CC4CC(CC(C4)C2)C3)cc1. The van der Waals surface area contributed by atoms with Crippen LogP contribution in [0.2, 0.25) is 10.0 Å². The third kappa shape index (κ3) is 4.17. The molecule has 37 heavy (non-hydrogen) atoms. The number of anilines is 1. The fraction of sp³-hybridized carbons (Fsp3) is 0.419. The van der Waals surface area contributed by atoms with Crippen molar-refractivity contribution >= 4 is 34.8 Å². The molecular formula is C31H31Cl2N3O. The van der Waals surface area contributed by atoms with E-state index in [1.807, 2.05) is 19.9 Å². The molecule has 4 fully saturated rings. The van der Waals surface area contributed by atoms with E-state index in [1.54, 1.807) is 18.2 Å². The van der Waals surface area contributed by atoms with E-state index in [0.717, 1.165) is 34.8 Å². The van der Waals surface area contributed by atoms with Crippen molar-refractivity contribution < 1.29 is 4.79 Å². The molecular weight excluding hydrogens is 501 g/mol. The van der Waals surface area contributed by atoms with Crippen LogP contribution in [0.25, 0.3) is 5.69 Å². The number of amides is 1. The largest absolute Gasteiger partial charge is 0.323 e. The zero-order valence-corrected chi connectivity index (χ0v) is 22.7. The molecule has 0 aliphatic heterocycles. The average Bonchev–Trinajstić information content (AvgIpc) is 3.15. The summed E-state index contributed by atoms with van der Waals surface area (Å²) in [6, 6.07) is 18.3. The van der Waals surface area contributed by atoms with Gasteiger partial charge in [0.25, 0.3) is 0 Å². The van der Waals surface area contributed by atoms with Crippen molar-refractivity contribution in [2.45, 2.75) is 63.7 Å². The summed E-state index contributed by atoms with van der Waals surface area (Å²) in [6.07, 6.45) is 8.37. The van der Waals surface area contributed by atoms with Crippen molar-refractivity contribution in [1.82, 2.24) is 4.57 Å². The third-order valence-electron chi connectivity index (χ3n) is 9.16. The minimum absolute atomic E-state index is 0.263. The summed E-state index contributed by atoms with van der Waals surface area (Å²) in [7, 11) is 0. The number of nitrogens with one attached hydrogen (secondary N) is 1. The van der Waals surface area contributed by atoms with Gasteiger partial charge in [-0.05, 0) is 117 Å². The van der Waals surface area contributed by atoms with Crippen molar-refractivity contribution in [2.75, 3.05) is 5.32 Å². The van der Waals surface area contributed by atoms with Gasteiger partial charge in [-0.2, -0.15) is 5.26 Å². The van der Waals surface area contributed by atoms with Crippen molar-refractivity contribution in [3.8, 4) is 11.8 Å². The van der Waals surface area contributed by atoms with Crippen molar-refractivity contribution in [3.05, 3.63) is 81.1 Å². The van der Waals surface area contributed by atoms with Crippen LogP contribution in [0, 0.1) is 42.9 Å². The maximum absolute atomic E-state index is 13.1. The van der Waals surface area contributed by atoms with Gasteiger partial charge in [0.15, 0.2) is 5.92 Å². The van der Waals surface area contributed by atoms with Crippen LogP contribution in [0.1, 0.15) is 67.0 Å². The van der Waals surface area contributed by atoms with E-state index >= 15 is 0 Å². The van der Waals surface area contributed by atoms with Gasteiger partial charge in [0.05, 0.1) is 21.8 Å². The number of nitrogens with zero attached hydrogens (tertiary/aromatic N) is 2. The van der Waals surface area contributed by atoms with E-state index in [-0.39, 0.29) is 5.02 Å². The number of benzene rings is 2. The fourth-order valence-corrected chi connectivity index (χ4v) is 8.33. The van der Waals surface area contributed by atoms with Crippen LogP contribution in [0.15, 0.2) is 48.5 Å². The molecule has 6 heteroatoms. The molecule has 0 saturated heterocycles. The second kappa shape index (κ2) is 9.22. The maximum atomic E-state index is 13.1. The lowest BCUT2D eigenvalue weighted by atomic mass is 9.48. The van der Waals surface area contributed by atoms with E-state index < -0.39 is 11.8 Å². The van der Waals surface area contributed by atoms with Gasteiger partial charge in [-0.1, -0.05) is 41.4 Å². The summed E-state index contributed by atoms with van der Waals surface area (Å²) < 4.78 is 2.14. The Balaban J connectivity index is 1.27. The minimum Gasteiger partial charge on any atom is -0.323 e. The summed E-state index contributed by atoms with van der Waals surface area (Å²) in [5.41, 5.74) is 5.89. The van der Waals surface area contributed by atoms with Crippen LogP contribution in [0.3, 0.4) is 0 Å². The first-order chi connectivity index (χ1) is 17.8. The highest BCUT2D eigenvalue weighted by molar-refractivity contribution is 6.44. The Morgan fingerprint density at radius 2 is 1.65 bits per heavy atom. The molecule has 1 unspecified atom stereocenters. The zero-order chi connectivity index (χ0) is 25.9. The van der Waals surface area contributed by atoms with Crippen LogP contribution in [0.4, 0.5) is 5.69 Å². The van der Waals surface area contributed by atoms with Gasteiger partial charge in [0.2, 0.25) is 5.91 Å². The van der Waals surface area contributed by atoms with E-state index in [2.05, 4.69) is 40.2 Å². The van der Waals surface area contributed by atoms with E-state index in [9.17, 15) is 10.1 Å². The lowest BCUT2D eigenvalue weighted by Crippen LogP contribution is -2.48. The second-order valence-corrected chi connectivity index (χ2v) is 12.3. The number of aryl methyl sites for hydroxylation is 1. The highest BCUT2D eigenvalue weighted by Crippen LogP contribution is 2.60. The summed E-state index contributed by atoms with van der Waals surface area (Å²) in [5, 5.41) is 13.3. The highest BCUT2D eigenvalue weighted by atomic mass is 35.5. The quantitative estimate of drug-likeness (QED) is 0.361. The van der Waals surface area contributed by atoms with E-state index in [0.29, 0.717) is 21.7 Å². The maximum Gasteiger partial charge on any atom is 0.246 e. The lowest BCUT2D eigenvalue weighted by Gasteiger charge is -2.57. The predicted molar refractivity (Wildman–Crippen MR) is 149 cm³/mol. The number of hydrogen-bond donors (Lipinski definition) is 1. The first-order valence-electron chi connectivity index (χ1n) is 13.2. The zero-order valence-electron chi connectivity index (χ0n) is 21.2. The normalized spacial score (nSPS) is 26.6. The molecule has 4 bridgehead atoms. The van der Waals surface area contributed by atoms with Gasteiger partial charge in [0.1, 0.15) is 0 Å². The summed E-state index contributed by atoms with van der Waals surface area (Å²) in [5.74, 6) is 1.35. The Morgan fingerprint density at radius 3 is 2.24 bits per heavy atom. The molecule has 0 spiro atoms. The van der Waals surface area contributed by atoms with Gasteiger partial charge in [-0.15, -0.1) is 0 Å². The molecule has 4 nitrogen and oxygen atoms in total. The Morgan fingerprint density at radius 1 is 1.03 bits per heavy atom. The molecule has 1 aromatic heterocycles. The van der Waals surface area contributed by atoms with Gasteiger partial charge in [-0.25, -0.2) is 0 Å². The molecule has 1 atom stereocenters. The van der Waals surface area contributed by atoms with Gasteiger partial charge in [0, 0.05) is 17.1 Å². The number of hydrogen-bond acceptors (Lipinski definition) is 2. The van der Waals surface area contributed by atoms with Crippen LogP contribution < -0.4 is 5.32 Å². The molecule has 7 rings (SSSR count). The van der Waals surface area contributed by atoms with Crippen LogP contribution in [0.5, 0.6) is 0 Å². The van der Waals surface area contributed by atoms with Gasteiger partial charge >= 0.3 is 0 Å². The summed E-state index contributed by atoms with van der Waals surface area (Å²) in [6.45, 7) is 3.99. The lowest BCUT2D eigenvalue weighted by molar-refractivity contribution is -0.116. The van der Waals surface area contributed by atoms with Crippen molar-refractivity contribution in [2.24, 2.45) is 17.8 Å². The van der Waals surface area contributed by atoms with Crippen LogP contribution in [-0.4, -0.2) is 10.5 Å². The monoisotopic (exact) mass is 531 g/mol. The summed E-state index contributed by atoms with van der Waals surface area (Å²) >= 11 is 12.3. The Bertz CT molecular complexity index is 1380. The number of nitriles is 1. The molecule has 1 heterocycles. The average molecular weight is 533 g/mol. The molecule has 4 aliphatic carbocycles. The van der Waals surface area contributed by atoms with E-state index in [4.69, 9.17) is 23.2 Å². The van der Waals surface area contributed by atoms with Crippen molar-refractivity contribution in [1.29, 1.82) is 5.26 Å². The van der Waals surface area contributed by atoms with Gasteiger partial charge < -0.3 is 9.88 Å². The number of rotatable bonds is 5. The second-order valence-electron chi connectivity index (χ2n) is 11.6. The smallest absolute Gasteiger partial charge is 0.246 e.